The maximum Gasteiger partial charge on any atom is 0.246 e. The molecule has 0 bridgehead atoms. The zero-order chi connectivity index (χ0) is 17.8. The number of halogens is 1. The monoisotopic (exact) mass is 456 g/mol. The minimum Gasteiger partial charge on any atom is -0.357 e. The number of hydrogen-bond acceptors (Lipinski definition) is 2. The summed E-state index contributed by atoms with van der Waals surface area (Å²) in [5, 5.41) is 9.25. The molecule has 0 unspecified atom stereocenters. The minimum absolute atomic E-state index is 0. The molecule has 0 spiro atoms. The normalized spacial score (nSPS) is 10.6. The molecule has 5 nitrogen and oxygen atoms in total. The van der Waals surface area contributed by atoms with Gasteiger partial charge in [0.15, 0.2) is 5.96 Å². The molecule has 0 fully saturated rings. The van der Waals surface area contributed by atoms with Crippen LogP contribution in [0, 0.1) is 18.3 Å². The smallest absolute Gasteiger partial charge is 0.246 e. The molecule has 1 amide bonds. The van der Waals surface area contributed by atoms with E-state index in [0.717, 1.165) is 31.5 Å². The lowest BCUT2D eigenvalue weighted by Gasteiger charge is -2.16. The fraction of sp³-hybridized carbons (Fsp3) is 0.474. The highest BCUT2D eigenvalue weighted by molar-refractivity contribution is 14.0. The summed E-state index contributed by atoms with van der Waals surface area (Å²) >= 11 is 0. The molecular formula is C19H29IN4O. The van der Waals surface area contributed by atoms with Crippen molar-refractivity contribution < 1.29 is 4.79 Å². The summed E-state index contributed by atoms with van der Waals surface area (Å²) in [6.07, 6.45) is 7.60. The van der Waals surface area contributed by atoms with Gasteiger partial charge in [0.2, 0.25) is 5.91 Å². The quantitative estimate of drug-likeness (QED) is 0.244. The molecule has 1 rings (SSSR count). The van der Waals surface area contributed by atoms with Crippen LogP contribution in [0.1, 0.15) is 39.2 Å². The van der Waals surface area contributed by atoms with Gasteiger partial charge in [-0.05, 0) is 31.0 Å². The van der Waals surface area contributed by atoms with Gasteiger partial charge in [0.25, 0.3) is 0 Å². The van der Waals surface area contributed by atoms with Crippen molar-refractivity contribution in [3.8, 4) is 12.3 Å². The second-order valence-corrected chi connectivity index (χ2v) is 5.53. The number of guanidine groups is 1. The molecule has 0 saturated carbocycles. The molecule has 138 valence electrons. The highest BCUT2D eigenvalue weighted by Crippen LogP contribution is 2.09. The van der Waals surface area contributed by atoms with Gasteiger partial charge in [0.1, 0.15) is 6.54 Å². The predicted molar refractivity (Wildman–Crippen MR) is 116 cm³/mol. The molecule has 0 aliphatic carbocycles. The Morgan fingerprint density at radius 1 is 1.24 bits per heavy atom. The molecule has 0 radical (unpaired) electrons. The molecular weight excluding hydrogens is 427 g/mol. The van der Waals surface area contributed by atoms with Gasteiger partial charge < -0.3 is 16.0 Å². The largest absolute Gasteiger partial charge is 0.357 e. The molecule has 0 aliphatic heterocycles. The lowest BCUT2D eigenvalue weighted by molar-refractivity contribution is -0.114. The van der Waals surface area contributed by atoms with E-state index in [1.165, 1.54) is 0 Å². The Hall–Kier alpha value is -1.75. The molecule has 0 saturated heterocycles. The Balaban J connectivity index is 0.00000576. The Kier molecular flexibility index (Phi) is 12.6. The summed E-state index contributed by atoms with van der Waals surface area (Å²) in [7, 11) is 0. The fourth-order valence-corrected chi connectivity index (χ4v) is 2.20. The number of rotatable bonds is 8. The Labute approximate surface area is 168 Å². The first-order valence-corrected chi connectivity index (χ1v) is 8.51. The molecule has 3 N–H and O–H groups in total. The van der Waals surface area contributed by atoms with Crippen molar-refractivity contribution in [2.24, 2.45) is 10.9 Å². The van der Waals surface area contributed by atoms with E-state index in [-0.39, 0.29) is 36.4 Å². The predicted octanol–water partition coefficient (Wildman–Crippen LogP) is 3.22. The van der Waals surface area contributed by atoms with Crippen molar-refractivity contribution in [2.45, 2.75) is 33.6 Å². The summed E-state index contributed by atoms with van der Waals surface area (Å²) in [4.78, 5) is 16.4. The molecule has 25 heavy (non-hydrogen) atoms. The fourth-order valence-electron chi connectivity index (χ4n) is 2.20. The van der Waals surface area contributed by atoms with Crippen LogP contribution < -0.4 is 16.0 Å². The van der Waals surface area contributed by atoms with Gasteiger partial charge in [-0.3, -0.25) is 4.79 Å². The number of aliphatic imine (C=N–C) groups is 1. The third-order valence-corrected chi connectivity index (χ3v) is 3.75. The third-order valence-electron chi connectivity index (χ3n) is 3.75. The van der Waals surface area contributed by atoms with Crippen LogP contribution in [-0.2, 0) is 4.79 Å². The van der Waals surface area contributed by atoms with Crippen molar-refractivity contribution in [3.05, 3.63) is 29.8 Å². The number of nitrogens with zero attached hydrogens (tertiary/aromatic N) is 1. The van der Waals surface area contributed by atoms with E-state index in [9.17, 15) is 4.79 Å². The van der Waals surface area contributed by atoms with Crippen molar-refractivity contribution >= 4 is 41.5 Å². The van der Waals surface area contributed by atoms with Crippen molar-refractivity contribution in [3.63, 3.8) is 0 Å². The number of amides is 1. The van der Waals surface area contributed by atoms with Crippen LogP contribution in [0.25, 0.3) is 0 Å². The SMILES string of the molecule is C#Cc1cccc(NC(=O)CN=C(NCC)NCC(CC)CC)c1.I. The van der Waals surface area contributed by atoms with Crippen molar-refractivity contribution in [1.82, 2.24) is 10.6 Å². The molecule has 0 aromatic heterocycles. The minimum atomic E-state index is -0.177. The number of carbonyl (C=O) groups excluding carboxylic acids is 1. The summed E-state index contributed by atoms with van der Waals surface area (Å²) in [5.74, 6) is 3.64. The lowest BCUT2D eigenvalue weighted by atomic mass is 10.0. The van der Waals surface area contributed by atoms with E-state index in [1.54, 1.807) is 12.1 Å². The molecule has 1 aromatic carbocycles. The Bertz CT molecular complexity index is 591. The average molecular weight is 456 g/mol. The first-order valence-electron chi connectivity index (χ1n) is 8.51. The van der Waals surface area contributed by atoms with Crippen LogP contribution in [0.4, 0.5) is 5.69 Å². The second kappa shape index (κ2) is 13.5. The van der Waals surface area contributed by atoms with E-state index in [1.807, 2.05) is 19.1 Å². The van der Waals surface area contributed by atoms with Crippen LogP contribution >= 0.6 is 24.0 Å². The van der Waals surface area contributed by atoms with Crippen LogP contribution in [-0.4, -0.2) is 31.5 Å². The number of carbonyl (C=O) groups is 1. The number of terminal acetylenes is 1. The third kappa shape index (κ3) is 9.34. The van der Waals surface area contributed by atoms with Gasteiger partial charge >= 0.3 is 0 Å². The molecule has 0 heterocycles. The number of hydrogen-bond donors (Lipinski definition) is 3. The van der Waals surface area contributed by atoms with Gasteiger partial charge in [-0.1, -0.05) is 38.7 Å². The summed E-state index contributed by atoms with van der Waals surface area (Å²) in [6.45, 7) is 8.01. The molecule has 6 heteroatoms. The summed E-state index contributed by atoms with van der Waals surface area (Å²) < 4.78 is 0. The van der Waals surface area contributed by atoms with E-state index in [4.69, 9.17) is 6.42 Å². The first-order chi connectivity index (χ1) is 11.6. The maximum absolute atomic E-state index is 12.0. The number of anilines is 1. The topological polar surface area (TPSA) is 65.5 Å². The van der Waals surface area contributed by atoms with Crippen LogP contribution in [0.2, 0.25) is 0 Å². The van der Waals surface area contributed by atoms with Crippen LogP contribution in [0.15, 0.2) is 29.3 Å². The maximum atomic E-state index is 12.0. The van der Waals surface area contributed by atoms with Gasteiger partial charge in [-0.2, -0.15) is 0 Å². The second-order valence-electron chi connectivity index (χ2n) is 5.53. The molecule has 0 atom stereocenters. The first kappa shape index (κ1) is 23.2. The average Bonchev–Trinajstić information content (AvgIpc) is 2.60. The zero-order valence-electron chi connectivity index (χ0n) is 15.3. The van der Waals surface area contributed by atoms with Crippen molar-refractivity contribution in [2.75, 3.05) is 25.0 Å². The Morgan fingerprint density at radius 2 is 1.96 bits per heavy atom. The van der Waals surface area contributed by atoms with Crippen LogP contribution in [0.5, 0.6) is 0 Å². The summed E-state index contributed by atoms with van der Waals surface area (Å²) in [6, 6.07) is 7.20. The highest BCUT2D eigenvalue weighted by Gasteiger charge is 2.06. The van der Waals surface area contributed by atoms with E-state index in [0.29, 0.717) is 17.6 Å². The molecule has 1 aromatic rings. The van der Waals surface area contributed by atoms with Gasteiger partial charge in [-0.15, -0.1) is 30.4 Å². The summed E-state index contributed by atoms with van der Waals surface area (Å²) in [5.41, 5.74) is 1.41. The zero-order valence-corrected chi connectivity index (χ0v) is 17.6. The van der Waals surface area contributed by atoms with E-state index >= 15 is 0 Å². The highest BCUT2D eigenvalue weighted by atomic mass is 127. The molecule has 0 aliphatic rings. The number of nitrogens with one attached hydrogen (secondary N) is 3. The standard InChI is InChI=1S/C19H28N4O.HI/c1-5-15(6-2)13-21-19(20-8-4)22-14-18(24)23-17-11-9-10-16(7-3)12-17;/h3,9-12,15H,5-6,8,13-14H2,1-2,4H3,(H,23,24)(H2,20,21,22);1H. The number of benzene rings is 1. The van der Waals surface area contributed by atoms with Gasteiger partial charge in [-0.25, -0.2) is 4.99 Å². The van der Waals surface area contributed by atoms with Gasteiger partial charge in [0, 0.05) is 24.3 Å². The van der Waals surface area contributed by atoms with E-state index in [2.05, 4.69) is 40.7 Å². The van der Waals surface area contributed by atoms with Crippen LogP contribution in [0.3, 0.4) is 0 Å². The lowest BCUT2D eigenvalue weighted by Crippen LogP contribution is -2.40. The van der Waals surface area contributed by atoms with Gasteiger partial charge in [0.05, 0.1) is 0 Å². The van der Waals surface area contributed by atoms with Crippen molar-refractivity contribution in [1.29, 1.82) is 0 Å². The van der Waals surface area contributed by atoms with E-state index < -0.39 is 0 Å². The Morgan fingerprint density at radius 3 is 2.56 bits per heavy atom.